The van der Waals surface area contributed by atoms with Crippen LogP contribution in [0, 0.1) is 5.92 Å². The third-order valence-electron chi connectivity index (χ3n) is 2.94. The smallest absolute Gasteiger partial charge is 0.314 e. The van der Waals surface area contributed by atoms with E-state index in [1.807, 2.05) is 32.0 Å². The van der Waals surface area contributed by atoms with Gasteiger partial charge in [0.15, 0.2) is 0 Å². The molecular weight excluding hydrogens is 214 g/mol. The van der Waals surface area contributed by atoms with E-state index in [2.05, 4.69) is 11.4 Å². The molecule has 0 saturated carbocycles. The first-order valence-electron chi connectivity index (χ1n) is 6.13. The van der Waals surface area contributed by atoms with Gasteiger partial charge in [0.25, 0.3) is 0 Å². The van der Waals surface area contributed by atoms with Crippen LogP contribution in [0.2, 0.25) is 0 Å². The lowest BCUT2D eigenvalue weighted by molar-refractivity contribution is -0.146. The predicted molar refractivity (Wildman–Crippen MR) is 66.7 cm³/mol. The van der Waals surface area contributed by atoms with Crippen molar-refractivity contribution in [3.63, 3.8) is 0 Å². The number of nitrogens with one attached hydrogen (secondary N) is 1. The maximum Gasteiger partial charge on any atom is 0.314 e. The first-order valence-corrected chi connectivity index (χ1v) is 6.13. The van der Waals surface area contributed by atoms with Crippen LogP contribution in [0.4, 0.5) is 0 Å². The van der Waals surface area contributed by atoms with Crippen LogP contribution in [0.1, 0.15) is 30.9 Å². The second-order valence-corrected chi connectivity index (χ2v) is 4.91. The van der Waals surface area contributed by atoms with Gasteiger partial charge in [0, 0.05) is 13.1 Å². The Bertz CT molecular complexity index is 401. The average molecular weight is 233 g/mol. The Morgan fingerprint density at radius 2 is 2.24 bits per heavy atom. The third-order valence-corrected chi connectivity index (χ3v) is 2.94. The van der Waals surface area contributed by atoms with Gasteiger partial charge in [0.1, 0.15) is 0 Å². The summed E-state index contributed by atoms with van der Waals surface area (Å²) in [5.74, 6) is 0.114. The number of hydrogen-bond donors (Lipinski definition) is 1. The number of esters is 1. The fourth-order valence-corrected chi connectivity index (χ4v) is 2.06. The van der Waals surface area contributed by atoms with Crippen molar-refractivity contribution in [1.82, 2.24) is 5.32 Å². The quantitative estimate of drug-likeness (QED) is 0.812. The molecule has 1 unspecified atom stereocenters. The predicted octanol–water partition coefficient (Wildman–Crippen LogP) is 2.07. The van der Waals surface area contributed by atoms with Crippen LogP contribution < -0.4 is 5.32 Å². The van der Waals surface area contributed by atoms with Crippen LogP contribution in [-0.2, 0) is 16.1 Å². The average Bonchev–Trinajstić information content (AvgIpc) is 2.35. The summed E-state index contributed by atoms with van der Waals surface area (Å²) in [6, 6.07) is 8.07. The standard InChI is InChI=1S/C14H19NO2/c1-10(2)9-17-14(16)13-8-15-7-11-5-3-4-6-12(11)13/h3-6,10,13,15H,7-9H2,1-2H3. The van der Waals surface area contributed by atoms with Gasteiger partial charge in [-0.15, -0.1) is 0 Å². The zero-order valence-electron chi connectivity index (χ0n) is 10.4. The fourth-order valence-electron chi connectivity index (χ4n) is 2.06. The van der Waals surface area contributed by atoms with E-state index in [0.717, 1.165) is 12.1 Å². The molecule has 17 heavy (non-hydrogen) atoms. The van der Waals surface area contributed by atoms with Gasteiger partial charge >= 0.3 is 5.97 Å². The number of hydrogen-bond acceptors (Lipinski definition) is 3. The summed E-state index contributed by atoms with van der Waals surface area (Å²) in [7, 11) is 0. The molecular formula is C14H19NO2. The van der Waals surface area contributed by atoms with Gasteiger partial charge in [0.2, 0.25) is 0 Å². The largest absolute Gasteiger partial charge is 0.465 e. The second kappa shape index (κ2) is 5.32. The van der Waals surface area contributed by atoms with Crippen LogP contribution >= 0.6 is 0 Å². The molecule has 0 fully saturated rings. The van der Waals surface area contributed by atoms with Crippen molar-refractivity contribution < 1.29 is 9.53 Å². The number of fused-ring (bicyclic) bond motifs is 1. The molecule has 0 saturated heterocycles. The van der Waals surface area contributed by atoms with Gasteiger partial charge in [-0.25, -0.2) is 0 Å². The van der Waals surface area contributed by atoms with E-state index < -0.39 is 0 Å². The van der Waals surface area contributed by atoms with Crippen LogP contribution in [0.5, 0.6) is 0 Å². The van der Waals surface area contributed by atoms with E-state index in [-0.39, 0.29) is 11.9 Å². The van der Waals surface area contributed by atoms with Crippen molar-refractivity contribution in [1.29, 1.82) is 0 Å². The minimum absolute atomic E-state index is 0.113. The molecule has 0 spiro atoms. The minimum Gasteiger partial charge on any atom is -0.465 e. The van der Waals surface area contributed by atoms with Crippen LogP contribution in [0.3, 0.4) is 0 Å². The van der Waals surface area contributed by atoms with Crippen LogP contribution in [0.25, 0.3) is 0 Å². The van der Waals surface area contributed by atoms with E-state index in [1.165, 1.54) is 5.56 Å². The Morgan fingerprint density at radius 3 is 3.00 bits per heavy atom. The molecule has 1 N–H and O–H groups in total. The normalized spacial score (nSPS) is 18.9. The maximum atomic E-state index is 12.0. The summed E-state index contributed by atoms with van der Waals surface area (Å²) in [4.78, 5) is 12.0. The Kier molecular flexibility index (Phi) is 3.79. The van der Waals surface area contributed by atoms with Gasteiger partial charge in [0.05, 0.1) is 12.5 Å². The molecule has 1 aromatic rings. The molecule has 0 bridgehead atoms. The molecule has 3 nitrogen and oxygen atoms in total. The molecule has 1 aliphatic heterocycles. The second-order valence-electron chi connectivity index (χ2n) is 4.91. The summed E-state index contributed by atoms with van der Waals surface area (Å²) in [6.45, 7) is 6.09. The highest BCUT2D eigenvalue weighted by atomic mass is 16.5. The Balaban J connectivity index is 2.10. The first kappa shape index (κ1) is 12.1. The first-order chi connectivity index (χ1) is 8.18. The van der Waals surface area contributed by atoms with Crippen molar-refractivity contribution in [2.75, 3.05) is 13.2 Å². The Morgan fingerprint density at radius 1 is 1.47 bits per heavy atom. The lowest BCUT2D eigenvalue weighted by Crippen LogP contribution is -2.34. The molecule has 1 aliphatic rings. The lowest BCUT2D eigenvalue weighted by atomic mass is 9.91. The number of carbonyl (C=O) groups is 1. The van der Waals surface area contributed by atoms with Crippen molar-refractivity contribution in [3.8, 4) is 0 Å². The van der Waals surface area contributed by atoms with E-state index >= 15 is 0 Å². The number of carbonyl (C=O) groups excluding carboxylic acids is 1. The molecule has 0 aromatic heterocycles. The Labute approximate surface area is 102 Å². The van der Waals surface area contributed by atoms with Crippen LogP contribution in [-0.4, -0.2) is 19.1 Å². The molecule has 1 atom stereocenters. The highest BCUT2D eigenvalue weighted by Crippen LogP contribution is 2.24. The highest BCUT2D eigenvalue weighted by molar-refractivity contribution is 5.79. The molecule has 1 aromatic carbocycles. The summed E-state index contributed by atoms with van der Waals surface area (Å²) >= 11 is 0. The van der Waals surface area contributed by atoms with Crippen molar-refractivity contribution >= 4 is 5.97 Å². The zero-order chi connectivity index (χ0) is 12.3. The minimum atomic E-state index is -0.154. The summed E-state index contributed by atoms with van der Waals surface area (Å²) in [6.07, 6.45) is 0. The van der Waals surface area contributed by atoms with E-state index in [9.17, 15) is 4.79 Å². The van der Waals surface area contributed by atoms with Gasteiger partial charge in [-0.05, 0) is 17.0 Å². The molecule has 2 rings (SSSR count). The molecule has 92 valence electrons. The van der Waals surface area contributed by atoms with Crippen molar-refractivity contribution in [3.05, 3.63) is 35.4 Å². The molecule has 0 amide bonds. The fraction of sp³-hybridized carbons (Fsp3) is 0.500. The summed E-state index contributed by atoms with van der Waals surface area (Å²) in [5.41, 5.74) is 2.31. The monoisotopic (exact) mass is 233 g/mol. The molecule has 0 radical (unpaired) electrons. The van der Waals surface area contributed by atoms with E-state index in [1.54, 1.807) is 0 Å². The lowest BCUT2D eigenvalue weighted by Gasteiger charge is -2.25. The van der Waals surface area contributed by atoms with Gasteiger partial charge in [-0.3, -0.25) is 4.79 Å². The van der Waals surface area contributed by atoms with Crippen LogP contribution in [0.15, 0.2) is 24.3 Å². The molecule has 1 heterocycles. The third kappa shape index (κ3) is 2.86. The molecule has 0 aliphatic carbocycles. The Hall–Kier alpha value is -1.35. The number of ether oxygens (including phenoxy) is 1. The maximum absolute atomic E-state index is 12.0. The van der Waals surface area contributed by atoms with Gasteiger partial charge < -0.3 is 10.1 Å². The zero-order valence-corrected chi connectivity index (χ0v) is 10.4. The highest BCUT2D eigenvalue weighted by Gasteiger charge is 2.27. The van der Waals surface area contributed by atoms with E-state index in [4.69, 9.17) is 4.74 Å². The van der Waals surface area contributed by atoms with E-state index in [0.29, 0.717) is 19.1 Å². The van der Waals surface area contributed by atoms with Crippen molar-refractivity contribution in [2.24, 2.45) is 5.92 Å². The topological polar surface area (TPSA) is 38.3 Å². The molecule has 3 heteroatoms. The van der Waals surface area contributed by atoms with Gasteiger partial charge in [-0.2, -0.15) is 0 Å². The SMILES string of the molecule is CC(C)COC(=O)C1CNCc2ccccc21. The summed E-state index contributed by atoms with van der Waals surface area (Å²) in [5, 5.41) is 3.26. The number of benzene rings is 1. The van der Waals surface area contributed by atoms with Crippen molar-refractivity contribution in [2.45, 2.75) is 26.3 Å². The number of rotatable bonds is 3. The summed E-state index contributed by atoms with van der Waals surface area (Å²) < 4.78 is 5.32. The van der Waals surface area contributed by atoms with Gasteiger partial charge in [-0.1, -0.05) is 38.1 Å².